The molecule has 3 heterocycles. The normalized spacial score (nSPS) is 13.2. The fourth-order valence-electron chi connectivity index (χ4n) is 14.2. The fraction of sp³-hybridized carbons (Fsp3) is 0.458. The van der Waals surface area contributed by atoms with Gasteiger partial charge in [0.05, 0.1) is 11.4 Å². The van der Waals surface area contributed by atoms with Gasteiger partial charge in [0.15, 0.2) is 5.82 Å². The highest BCUT2D eigenvalue weighted by molar-refractivity contribution is 6.11. The summed E-state index contributed by atoms with van der Waals surface area (Å²) in [6, 6.07) is 61.7. The molecule has 5 nitrogen and oxygen atoms in total. The Kier molecular flexibility index (Phi) is 21.6. The van der Waals surface area contributed by atoms with Crippen LogP contribution in [0.5, 0.6) is 0 Å². The Morgan fingerprint density at radius 3 is 1.18 bits per heavy atom. The van der Waals surface area contributed by atoms with Gasteiger partial charge in [-0.1, -0.05) is 283 Å². The van der Waals surface area contributed by atoms with Crippen LogP contribution in [0.25, 0.3) is 66.6 Å². The molecule has 0 bridgehead atoms. The zero-order valence-corrected chi connectivity index (χ0v) is 55.8. The van der Waals surface area contributed by atoms with E-state index in [-0.39, 0.29) is 16.2 Å². The standard InChI is InChI=1S/C83H105N5/c1-11-15-19-23-25-33-41-68(42-34-26-24-20-16-12-2)87-74-51-45-64(61-37-29-27-30-38-61)57-70(74)71-58-65(46-52-75(71)87)67-48-54-77-73(60-67)83(55-35-21-17-13-3,56-36-22-18-14-4)72-59-66(62-39-31-28-32-40-62)47-53-76(72)88(77)69-49-43-63(44-50-69)78-84-79(81(5,6)7)86-80(85-78)82(8,9)10/h27-32,37-40,43-54,57-60,68H,11-26,33-36,41-42,55-56H2,1-10H3. The minimum Gasteiger partial charge on any atom is -0.337 e. The van der Waals surface area contributed by atoms with Gasteiger partial charge < -0.3 is 9.47 Å². The number of fused-ring (bicyclic) bond motifs is 5. The van der Waals surface area contributed by atoms with Gasteiger partial charge in [-0.3, -0.25) is 0 Å². The first kappa shape index (κ1) is 64.1. The molecule has 2 aromatic heterocycles. The van der Waals surface area contributed by atoms with Crippen LogP contribution in [0.1, 0.15) is 252 Å². The molecule has 0 aliphatic carbocycles. The van der Waals surface area contributed by atoms with Gasteiger partial charge in [-0.15, -0.1) is 0 Å². The summed E-state index contributed by atoms with van der Waals surface area (Å²) in [5, 5.41) is 2.73. The third kappa shape index (κ3) is 14.7. The van der Waals surface area contributed by atoms with Gasteiger partial charge in [-0.05, 0) is 143 Å². The number of benzene rings is 7. The largest absolute Gasteiger partial charge is 0.337 e. The van der Waals surface area contributed by atoms with Gasteiger partial charge in [0, 0.05) is 55.3 Å². The Labute approximate surface area is 531 Å². The highest BCUT2D eigenvalue weighted by Gasteiger charge is 2.44. The second kappa shape index (κ2) is 29.6. The third-order valence-corrected chi connectivity index (χ3v) is 19.3. The number of hydrogen-bond donors (Lipinski definition) is 0. The minimum absolute atomic E-state index is 0.216. The summed E-state index contributed by atoms with van der Waals surface area (Å²) >= 11 is 0. The summed E-state index contributed by atoms with van der Waals surface area (Å²) in [4.78, 5) is 17.9. The van der Waals surface area contributed by atoms with Crippen molar-refractivity contribution in [3.63, 3.8) is 0 Å². The van der Waals surface area contributed by atoms with E-state index >= 15 is 0 Å². The predicted octanol–water partition coefficient (Wildman–Crippen LogP) is 25.3. The van der Waals surface area contributed by atoms with Crippen LogP contribution in [0.15, 0.2) is 158 Å². The molecule has 1 aliphatic heterocycles. The first-order valence-corrected chi connectivity index (χ1v) is 34.9. The Bertz CT molecular complexity index is 3610. The summed E-state index contributed by atoms with van der Waals surface area (Å²) in [7, 11) is 0. The summed E-state index contributed by atoms with van der Waals surface area (Å²) in [5.74, 6) is 2.37. The molecule has 462 valence electrons. The predicted molar refractivity (Wildman–Crippen MR) is 380 cm³/mol. The van der Waals surface area contributed by atoms with Gasteiger partial charge in [-0.2, -0.15) is 0 Å². The van der Waals surface area contributed by atoms with E-state index in [9.17, 15) is 0 Å². The lowest BCUT2D eigenvalue weighted by molar-refractivity contribution is 0.391. The second-order valence-electron chi connectivity index (χ2n) is 28.2. The number of unbranched alkanes of at least 4 members (excludes halogenated alkanes) is 16. The highest BCUT2D eigenvalue weighted by atomic mass is 15.2. The molecule has 0 atom stereocenters. The number of nitrogens with zero attached hydrogens (tertiary/aromatic N) is 5. The van der Waals surface area contributed by atoms with Gasteiger partial charge in [0.2, 0.25) is 0 Å². The van der Waals surface area contributed by atoms with Gasteiger partial charge in [-0.25, -0.2) is 15.0 Å². The maximum atomic E-state index is 5.15. The topological polar surface area (TPSA) is 46.8 Å². The second-order valence-corrected chi connectivity index (χ2v) is 28.2. The molecule has 0 amide bonds. The molecule has 0 unspecified atom stereocenters. The van der Waals surface area contributed by atoms with Crippen LogP contribution in [-0.2, 0) is 16.2 Å². The Hall–Kier alpha value is -6.85. The number of hydrogen-bond acceptors (Lipinski definition) is 4. The van der Waals surface area contributed by atoms with Crippen LogP contribution < -0.4 is 4.90 Å². The highest BCUT2D eigenvalue weighted by Crippen LogP contribution is 2.58. The average molecular weight is 1170 g/mol. The van der Waals surface area contributed by atoms with Crippen LogP contribution >= 0.6 is 0 Å². The van der Waals surface area contributed by atoms with Crippen molar-refractivity contribution in [2.75, 3.05) is 4.90 Å². The Morgan fingerprint density at radius 2 is 0.739 bits per heavy atom. The monoisotopic (exact) mass is 1170 g/mol. The SMILES string of the molecule is CCCCCCCCC(CCCCCCCC)n1c2ccc(-c3ccccc3)cc2c2cc(-c3ccc4c(c3)C(CCCCCC)(CCCCCC)c3cc(-c5ccccc5)ccc3N4c3ccc(-c4nc(C(C)(C)C)nc(C(C)(C)C)n4)cc3)ccc21. The third-order valence-electron chi connectivity index (χ3n) is 19.3. The Morgan fingerprint density at radius 1 is 0.364 bits per heavy atom. The summed E-state index contributed by atoms with van der Waals surface area (Å²) in [5.41, 5.74) is 17.4. The molecule has 1 aliphatic rings. The van der Waals surface area contributed by atoms with Crippen LogP contribution in [0.2, 0.25) is 0 Å². The van der Waals surface area contributed by atoms with Crippen molar-refractivity contribution in [3.8, 4) is 44.8 Å². The van der Waals surface area contributed by atoms with Crippen LogP contribution in [0, 0.1) is 0 Å². The van der Waals surface area contributed by atoms with E-state index in [2.05, 4.69) is 236 Å². The molecule has 10 rings (SSSR count). The van der Waals surface area contributed by atoms with Crippen molar-refractivity contribution >= 4 is 38.9 Å². The lowest BCUT2D eigenvalue weighted by atomic mass is 9.64. The zero-order valence-electron chi connectivity index (χ0n) is 55.8. The molecule has 0 saturated carbocycles. The van der Waals surface area contributed by atoms with Crippen molar-refractivity contribution in [1.29, 1.82) is 0 Å². The molecule has 0 saturated heterocycles. The van der Waals surface area contributed by atoms with Crippen molar-refractivity contribution in [3.05, 3.63) is 181 Å². The first-order chi connectivity index (χ1) is 42.8. The Balaban J connectivity index is 1.16. The average Bonchev–Trinajstić information content (AvgIpc) is 0.896. The van der Waals surface area contributed by atoms with Gasteiger partial charge in [0.25, 0.3) is 0 Å². The molecule has 0 fully saturated rings. The van der Waals surface area contributed by atoms with Crippen LogP contribution in [0.3, 0.4) is 0 Å². The van der Waals surface area contributed by atoms with E-state index in [1.165, 1.54) is 219 Å². The minimum atomic E-state index is -0.227. The van der Waals surface area contributed by atoms with E-state index in [0.717, 1.165) is 41.6 Å². The number of rotatable bonds is 30. The molecular formula is C83H105N5. The fourth-order valence-corrected chi connectivity index (χ4v) is 14.2. The van der Waals surface area contributed by atoms with E-state index in [1.807, 2.05) is 0 Å². The lowest BCUT2D eigenvalue weighted by Gasteiger charge is -2.47. The van der Waals surface area contributed by atoms with Crippen molar-refractivity contribution in [1.82, 2.24) is 19.5 Å². The molecule has 0 spiro atoms. The maximum absolute atomic E-state index is 5.15. The van der Waals surface area contributed by atoms with E-state index in [0.29, 0.717) is 6.04 Å². The summed E-state index contributed by atoms with van der Waals surface area (Å²) in [6.07, 6.45) is 30.3. The van der Waals surface area contributed by atoms with Crippen molar-refractivity contribution < 1.29 is 0 Å². The zero-order chi connectivity index (χ0) is 61.7. The molecule has 0 radical (unpaired) electrons. The van der Waals surface area contributed by atoms with E-state index < -0.39 is 0 Å². The summed E-state index contributed by atoms with van der Waals surface area (Å²) in [6.45, 7) is 22.5. The van der Waals surface area contributed by atoms with E-state index in [4.69, 9.17) is 15.0 Å². The molecule has 88 heavy (non-hydrogen) atoms. The van der Waals surface area contributed by atoms with Crippen LogP contribution in [-0.4, -0.2) is 19.5 Å². The number of anilines is 3. The lowest BCUT2D eigenvalue weighted by Crippen LogP contribution is -2.36. The molecule has 7 aromatic carbocycles. The smallest absolute Gasteiger partial charge is 0.163 e. The quantitative estimate of drug-likeness (QED) is 0.0421. The van der Waals surface area contributed by atoms with Gasteiger partial charge >= 0.3 is 0 Å². The molecule has 9 aromatic rings. The van der Waals surface area contributed by atoms with Crippen LogP contribution in [0.4, 0.5) is 17.1 Å². The van der Waals surface area contributed by atoms with Crippen molar-refractivity contribution in [2.45, 2.75) is 246 Å². The molecular weight excluding hydrogens is 1070 g/mol. The van der Waals surface area contributed by atoms with Gasteiger partial charge in [0.1, 0.15) is 11.6 Å². The van der Waals surface area contributed by atoms with Crippen molar-refractivity contribution in [2.24, 2.45) is 0 Å². The molecule has 0 N–H and O–H groups in total. The maximum Gasteiger partial charge on any atom is 0.163 e. The van der Waals surface area contributed by atoms with E-state index in [1.54, 1.807) is 0 Å². The summed E-state index contributed by atoms with van der Waals surface area (Å²) < 4.78 is 2.81. The molecule has 5 heteroatoms. The number of aromatic nitrogens is 4. The first-order valence-electron chi connectivity index (χ1n) is 34.9.